The molecular formula is C17H24O2. The minimum Gasteiger partial charge on any atom is -0.490 e. The Kier molecular flexibility index (Phi) is 3.09. The molecule has 0 saturated heterocycles. The van der Waals surface area contributed by atoms with Gasteiger partial charge in [0.25, 0.3) is 0 Å². The first-order chi connectivity index (χ1) is 8.97. The summed E-state index contributed by atoms with van der Waals surface area (Å²) in [5.74, 6) is 0.936. The third-order valence-electron chi connectivity index (χ3n) is 4.65. The van der Waals surface area contributed by atoms with Crippen molar-refractivity contribution in [3.05, 3.63) is 29.8 Å². The molecule has 2 heteroatoms. The monoisotopic (exact) mass is 260 g/mol. The molecule has 0 radical (unpaired) electrons. The highest BCUT2D eigenvalue weighted by atomic mass is 16.5. The second-order valence-corrected chi connectivity index (χ2v) is 7.04. The van der Waals surface area contributed by atoms with Crippen molar-refractivity contribution < 1.29 is 9.84 Å². The molecule has 0 atom stereocenters. The number of hydrogen-bond acceptors (Lipinski definition) is 2. The van der Waals surface area contributed by atoms with Gasteiger partial charge in [-0.25, -0.2) is 0 Å². The normalized spacial score (nSPS) is 25.0. The quantitative estimate of drug-likeness (QED) is 0.889. The van der Waals surface area contributed by atoms with Gasteiger partial charge >= 0.3 is 0 Å². The number of ether oxygens (including phenoxy) is 1. The Morgan fingerprint density at radius 3 is 2.11 bits per heavy atom. The van der Waals surface area contributed by atoms with E-state index in [2.05, 4.69) is 13.8 Å². The van der Waals surface area contributed by atoms with E-state index < -0.39 is 5.60 Å². The number of rotatable bonds is 3. The summed E-state index contributed by atoms with van der Waals surface area (Å²) in [7, 11) is 0. The molecule has 0 aromatic heterocycles. The summed E-state index contributed by atoms with van der Waals surface area (Å²) >= 11 is 0. The summed E-state index contributed by atoms with van der Waals surface area (Å²) in [6.07, 6.45) is 6.70. The van der Waals surface area contributed by atoms with Crippen LogP contribution in [0.15, 0.2) is 24.3 Å². The van der Waals surface area contributed by atoms with Gasteiger partial charge in [-0.3, -0.25) is 0 Å². The van der Waals surface area contributed by atoms with E-state index in [1.165, 1.54) is 12.8 Å². The molecule has 2 aliphatic carbocycles. The Labute approximate surface area is 115 Å². The highest BCUT2D eigenvalue weighted by Gasteiger charge is 2.37. The molecule has 0 aliphatic heterocycles. The van der Waals surface area contributed by atoms with Crippen LogP contribution in [0, 0.1) is 5.41 Å². The fourth-order valence-electron chi connectivity index (χ4n) is 2.85. The average molecular weight is 260 g/mol. The van der Waals surface area contributed by atoms with E-state index in [1.54, 1.807) is 0 Å². The zero-order valence-corrected chi connectivity index (χ0v) is 12.0. The van der Waals surface area contributed by atoms with Crippen molar-refractivity contribution >= 4 is 0 Å². The molecule has 2 saturated carbocycles. The van der Waals surface area contributed by atoms with E-state index in [0.29, 0.717) is 11.5 Å². The van der Waals surface area contributed by atoms with Gasteiger partial charge in [-0.05, 0) is 61.6 Å². The lowest BCUT2D eigenvalue weighted by atomic mass is 9.69. The van der Waals surface area contributed by atoms with E-state index >= 15 is 0 Å². The summed E-state index contributed by atoms with van der Waals surface area (Å²) < 4.78 is 5.75. The minimum atomic E-state index is -0.631. The molecule has 1 N–H and O–H groups in total. The standard InChI is InChI=1S/C17H24O2/c1-16(2)9-11-17(18,12-10-16)13-3-5-14(6-4-13)19-15-7-8-15/h3-6,15,18H,7-12H2,1-2H3. The van der Waals surface area contributed by atoms with E-state index in [-0.39, 0.29) is 0 Å². The van der Waals surface area contributed by atoms with Crippen molar-refractivity contribution in [2.75, 3.05) is 0 Å². The van der Waals surface area contributed by atoms with Gasteiger partial charge in [-0.2, -0.15) is 0 Å². The molecule has 2 nitrogen and oxygen atoms in total. The molecule has 3 rings (SSSR count). The van der Waals surface area contributed by atoms with Crippen molar-refractivity contribution in [3.8, 4) is 5.75 Å². The molecule has 0 unspecified atom stereocenters. The van der Waals surface area contributed by atoms with Crippen LogP contribution in [0.1, 0.15) is 57.9 Å². The maximum atomic E-state index is 10.8. The summed E-state index contributed by atoms with van der Waals surface area (Å²) in [4.78, 5) is 0. The highest BCUT2D eigenvalue weighted by molar-refractivity contribution is 5.31. The predicted octanol–water partition coefficient (Wildman–Crippen LogP) is 4.02. The topological polar surface area (TPSA) is 29.5 Å². The van der Waals surface area contributed by atoms with E-state index in [0.717, 1.165) is 37.0 Å². The minimum absolute atomic E-state index is 0.376. The molecule has 0 spiro atoms. The number of aliphatic hydroxyl groups is 1. The van der Waals surface area contributed by atoms with Crippen LogP contribution in [0.3, 0.4) is 0 Å². The predicted molar refractivity (Wildman–Crippen MR) is 76.2 cm³/mol. The van der Waals surface area contributed by atoms with Crippen molar-refractivity contribution in [2.45, 2.75) is 64.1 Å². The summed E-state index contributed by atoms with van der Waals surface area (Å²) in [6.45, 7) is 4.58. The van der Waals surface area contributed by atoms with Gasteiger partial charge in [-0.15, -0.1) is 0 Å². The summed E-state index contributed by atoms with van der Waals surface area (Å²) in [5.41, 5.74) is 0.792. The lowest BCUT2D eigenvalue weighted by molar-refractivity contribution is -0.0305. The maximum absolute atomic E-state index is 10.8. The van der Waals surface area contributed by atoms with E-state index in [4.69, 9.17) is 4.74 Å². The second-order valence-electron chi connectivity index (χ2n) is 7.04. The molecule has 1 aromatic rings. The molecule has 19 heavy (non-hydrogen) atoms. The highest BCUT2D eigenvalue weighted by Crippen LogP contribution is 2.45. The molecule has 0 bridgehead atoms. The fraction of sp³-hybridized carbons (Fsp3) is 0.647. The fourth-order valence-corrected chi connectivity index (χ4v) is 2.85. The lowest BCUT2D eigenvalue weighted by Crippen LogP contribution is -2.34. The third-order valence-corrected chi connectivity index (χ3v) is 4.65. The van der Waals surface area contributed by atoms with Gasteiger partial charge in [-0.1, -0.05) is 26.0 Å². The van der Waals surface area contributed by atoms with Crippen LogP contribution in [0.4, 0.5) is 0 Å². The largest absolute Gasteiger partial charge is 0.490 e. The van der Waals surface area contributed by atoms with Crippen molar-refractivity contribution in [1.29, 1.82) is 0 Å². The van der Waals surface area contributed by atoms with Crippen LogP contribution in [0.2, 0.25) is 0 Å². The van der Waals surface area contributed by atoms with Gasteiger partial charge in [0.1, 0.15) is 5.75 Å². The molecule has 104 valence electrons. The van der Waals surface area contributed by atoms with Crippen molar-refractivity contribution in [3.63, 3.8) is 0 Å². The van der Waals surface area contributed by atoms with Gasteiger partial charge < -0.3 is 9.84 Å². The molecule has 2 fully saturated rings. The van der Waals surface area contributed by atoms with E-state index in [9.17, 15) is 5.11 Å². The molecule has 2 aliphatic rings. The van der Waals surface area contributed by atoms with Crippen LogP contribution >= 0.6 is 0 Å². The zero-order valence-electron chi connectivity index (χ0n) is 12.0. The Morgan fingerprint density at radius 2 is 1.58 bits per heavy atom. The smallest absolute Gasteiger partial charge is 0.119 e. The van der Waals surface area contributed by atoms with Crippen molar-refractivity contribution in [2.24, 2.45) is 5.41 Å². The Hall–Kier alpha value is -1.02. The number of hydrogen-bond donors (Lipinski definition) is 1. The van der Waals surface area contributed by atoms with E-state index in [1.807, 2.05) is 24.3 Å². The second kappa shape index (κ2) is 4.52. The first-order valence-electron chi connectivity index (χ1n) is 7.47. The average Bonchev–Trinajstić information content (AvgIpc) is 3.18. The molecule has 0 amide bonds. The lowest BCUT2D eigenvalue weighted by Gasteiger charge is -2.40. The van der Waals surface area contributed by atoms with Crippen LogP contribution in [0.25, 0.3) is 0 Å². The van der Waals surface area contributed by atoms with Crippen LogP contribution in [-0.4, -0.2) is 11.2 Å². The first kappa shape index (κ1) is 13.0. The van der Waals surface area contributed by atoms with Gasteiger partial charge in [0, 0.05) is 0 Å². The SMILES string of the molecule is CC1(C)CCC(O)(c2ccc(OC3CC3)cc2)CC1. The van der Waals surface area contributed by atoms with Gasteiger partial charge in [0.2, 0.25) is 0 Å². The Balaban J connectivity index is 1.70. The third kappa shape index (κ3) is 2.94. The van der Waals surface area contributed by atoms with Crippen LogP contribution in [-0.2, 0) is 5.60 Å². The zero-order chi connectivity index (χ0) is 13.5. The van der Waals surface area contributed by atoms with Crippen molar-refractivity contribution in [1.82, 2.24) is 0 Å². The molecular weight excluding hydrogens is 236 g/mol. The Morgan fingerprint density at radius 1 is 1.00 bits per heavy atom. The summed E-state index contributed by atoms with van der Waals surface area (Å²) in [5, 5.41) is 10.8. The Bertz CT molecular complexity index is 433. The van der Waals surface area contributed by atoms with Gasteiger partial charge in [0.05, 0.1) is 11.7 Å². The summed E-state index contributed by atoms with van der Waals surface area (Å²) in [6, 6.07) is 8.09. The first-order valence-corrected chi connectivity index (χ1v) is 7.47. The maximum Gasteiger partial charge on any atom is 0.119 e. The van der Waals surface area contributed by atoms with Gasteiger partial charge in [0.15, 0.2) is 0 Å². The molecule has 1 aromatic carbocycles. The van der Waals surface area contributed by atoms with Crippen LogP contribution in [0.5, 0.6) is 5.75 Å². The molecule has 0 heterocycles. The number of benzene rings is 1. The van der Waals surface area contributed by atoms with Crippen LogP contribution < -0.4 is 4.74 Å².